The Morgan fingerprint density at radius 1 is 0.800 bits per heavy atom. The third-order valence-corrected chi connectivity index (χ3v) is 8.82. The molecule has 2 heterocycles. The molecule has 3 nitrogen and oxygen atoms in total. The molecule has 1 atom stereocenters. The molecule has 0 bridgehead atoms. The Hall–Kier alpha value is -3.41. The average Bonchev–Trinajstić information content (AvgIpc) is 3.32. The topological polar surface area (TPSA) is 37.4 Å². The number of benzene rings is 3. The summed E-state index contributed by atoms with van der Waals surface area (Å²) in [5, 5.41) is 4.00. The predicted molar refractivity (Wildman–Crippen MR) is 146 cm³/mol. The van der Waals surface area contributed by atoms with Gasteiger partial charge in [-0.1, -0.05) is 83.9 Å². The fraction of sp³-hybridized carbons (Fsp3) is 0.133. The van der Waals surface area contributed by atoms with Gasteiger partial charge in [-0.15, -0.1) is 0 Å². The zero-order valence-electron chi connectivity index (χ0n) is 19.8. The zero-order valence-corrected chi connectivity index (χ0v) is 21.4. The number of nitrogens with zero attached hydrogens (tertiary/aromatic N) is 1. The summed E-state index contributed by atoms with van der Waals surface area (Å²) in [6.07, 6.45) is 4.23. The molecule has 35 heavy (non-hydrogen) atoms. The monoisotopic (exact) mass is 497 g/mol. The van der Waals surface area contributed by atoms with E-state index in [2.05, 4.69) is 49.4 Å². The Bertz CT molecular complexity index is 1470. The van der Waals surface area contributed by atoms with Gasteiger partial charge in [0.15, 0.2) is 0 Å². The molecule has 0 saturated carbocycles. The second-order valence-electron chi connectivity index (χ2n) is 8.90. The summed E-state index contributed by atoms with van der Waals surface area (Å²) in [5.41, 5.74) is 6.98. The smallest absolute Gasteiger partial charge is 0.264 e. The molecule has 5 rings (SSSR count). The van der Waals surface area contributed by atoms with Crippen LogP contribution in [-0.2, 0) is 10.0 Å². The van der Waals surface area contributed by atoms with E-state index in [9.17, 15) is 8.42 Å². The maximum atomic E-state index is 14.1. The van der Waals surface area contributed by atoms with Crippen LogP contribution in [-0.4, -0.2) is 19.3 Å². The van der Waals surface area contributed by atoms with Crippen LogP contribution >= 0.6 is 11.3 Å². The highest BCUT2D eigenvalue weighted by atomic mass is 32.2. The van der Waals surface area contributed by atoms with Crippen molar-refractivity contribution in [2.24, 2.45) is 0 Å². The molecule has 0 spiro atoms. The van der Waals surface area contributed by atoms with Gasteiger partial charge in [0.25, 0.3) is 10.0 Å². The van der Waals surface area contributed by atoms with Crippen molar-refractivity contribution >= 4 is 32.6 Å². The maximum Gasteiger partial charge on any atom is 0.264 e. The lowest BCUT2D eigenvalue weighted by Gasteiger charge is -2.28. The number of hydrogen-bond acceptors (Lipinski definition) is 3. The van der Waals surface area contributed by atoms with Crippen LogP contribution in [0.15, 0.2) is 113 Å². The van der Waals surface area contributed by atoms with Gasteiger partial charge in [-0.3, -0.25) is 4.31 Å². The van der Waals surface area contributed by atoms with Crippen molar-refractivity contribution in [2.75, 3.05) is 6.54 Å². The van der Waals surface area contributed by atoms with Crippen molar-refractivity contribution in [1.82, 2.24) is 4.31 Å². The lowest BCUT2D eigenvalue weighted by atomic mass is 9.94. The molecule has 0 amide bonds. The Balaban J connectivity index is 1.71. The van der Waals surface area contributed by atoms with Gasteiger partial charge >= 0.3 is 0 Å². The summed E-state index contributed by atoms with van der Waals surface area (Å²) in [6, 6.07) is 27.6. The highest BCUT2D eigenvalue weighted by Crippen LogP contribution is 2.38. The molecule has 1 aliphatic heterocycles. The van der Waals surface area contributed by atoms with E-state index in [0.717, 1.165) is 27.8 Å². The molecule has 5 heteroatoms. The van der Waals surface area contributed by atoms with Crippen molar-refractivity contribution in [2.45, 2.75) is 24.7 Å². The van der Waals surface area contributed by atoms with Gasteiger partial charge in [0.2, 0.25) is 0 Å². The Kier molecular flexibility index (Phi) is 6.46. The van der Waals surface area contributed by atoms with Crippen LogP contribution < -0.4 is 0 Å². The minimum absolute atomic E-state index is 0.111. The second-order valence-corrected chi connectivity index (χ2v) is 11.5. The van der Waals surface area contributed by atoms with Crippen LogP contribution in [0.4, 0.5) is 0 Å². The SMILES string of the molecule is Cc1ccc(C2=CC(c3ccccc3)CN(S(=O)(=O)c3ccc(C)cc3)C(c3ccsc3)=C2)cc1. The largest absolute Gasteiger partial charge is 0.265 e. The molecular weight excluding hydrogens is 470 g/mol. The van der Waals surface area contributed by atoms with E-state index < -0.39 is 10.0 Å². The molecule has 0 fully saturated rings. The highest BCUT2D eigenvalue weighted by molar-refractivity contribution is 7.89. The quantitative estimate of drug-likeness (QED) is 0.291. The summed E-state index contributed by atoms with van der Waals surface area (Å²) in [5.74, 6) is -0.111. The summed E-state index contributed by atoms with van der Waals surface area (Å²) in [7, 11) is -3.79. The van der Waals surface area contributed by atoms with Crippen molar-refractivity contribution in [3.63, 3.8) is 0 Å². The van der Waals surface area contributed by atoms with E-state index in [1.807, 2.05) is 60.2 Å². The van der Waals surface area contributed by atoms with Crippen LogP contribution in [0.5, 0.6) is 0 Å². The highest BCUT2D eigenvalue weighted by Gasteiger charge is 2.32. The van der Waals surface area contributed by atoms with Gasteiger partial charge in [-0.2, -0.15) is 11.3 Å². The molecule has 4 aromatic rings. The molecular formula is C30H27NO2S2. The first-order valence-corrected chi connectivity index (χ1v) is 14.0. The van der Waals surface area contributed by atoms with Crippen LogP contribution in [0.3, 0.4) is 0 Å². The number of allylic oxidation sites excluding steroid dienone is 2. The minimum Gasteiger partial charge on any atom is -0.265 e. The zero-order chi connectivity index (χ0) is 24.4. The van der Waals surface area contributed by atoms with Crippen molar-refractivity contribution in [1.29, 1.82) is 0 Å². The molecule has 3 aromatic carbocycles. The number of thiophene rings is 1. The van der Waals surface area contributed by atoms with E-state index in [4.69, 9.17) is 0 Å². The Morgan fingerprint density at radius 2 is 1.46 bits per heavy atom. The Labute approximate surface area is 211 Å². The first-order valence-electron chi connectivity index (χ1n) is 11.6. The van der Waals surface area contributed by atoms with E-state index in [-0.39, 0.29) is 5.92 Å². The number of sulfonamides is 1. The van der Waals surface area contributed by atoms with Crippen molar-refractivity contribution in [3.8, 4) is 0 Å². The molecule has 0 aliphatic carbocycles. The van der Waals surface area contributed by atoms with E-state index in [0.29, 0.717) is 17.1 Å². The second kappa shape index (κ2) is 9.68. The van der Waals surface area contributed by atoms with E-state index >= 15 is 0 Å². The fourth-order valence-electron chi connectivity index (χ4n) is 4.34. The standard InChI is InChI=1S/C30H27NO2S2/c1-22-8-12-25(13-9-22)27-18-28(24-6-4-3-5-7-24)20-31(30(19-27)26-16-17-34-21-26)35(32,33)29-14-10-23(2)11-15-29/h3-19,21,28H,20H2,1-2H3. The third kappa shape index (κ3) is 4.88. The number of rotatable bonds is 5. The van der Waals surface area contributed by atoms with Crippen LogP contribution in [0, 0.1) is 13.8 Å². The average molecular weight is 498 g/mol. The molecule has 176 valence electrons. The first kappa shape index (κ1) is 23.3. The molecule has 0 saturated heterocycles. The van der Waals surface area contributed by atoms with Crippen molar-refractivity contribution < 1.29 is 8.42 Å². The fourth-order valence-corrected chi connectivity index (χ4v) is 6.50. The molecule has 0 N–H and O–H groups in total. The number of hydrogen-bond donors (Lipinski definition) is 0. The van der Waals surface area contributed by atoms with Gasteiger partial charge in [0, 0.05) is 23.4 Å². The normalized spacial score (nSPS) is 16.4. The molecule has 1 aliphatic rings. The lowest BCUT2D eigenvalue weighted by Crippen LogP contribution is -2.32. The summed E-state index contributed by atoms with van der Waals surface area (Å²) in [4.78, 5) is 0.301. The lowest BCUT2D eigenvalue weighted by molar-refractivity contribution is 0.499. The van der Waals surface area contributed by atoms with Crippen molar-refractivity contribution in [3.05, 3.63) is 136 Å². The van der Waals surface area contributed by atoms with Gasteiger partial charge in [-0.25, -0.2) is 8.42 Å². The maximum absolute atomic E-state index is 14.1. The van der Waals surface area contributed by atoms with E-state index in [1.165, 1.54) is 5.56 Å². The minimum atomic E-state index is -3.79. The summed E-state index contributed by atoms with van der Waals surface area (Å²) in [6.45, 7) is 4.35. The third-order valence-electron chi connectivity index (χ3n) is 6.34. The van der Waals surface area contributed by atoms with Gasteiger partial charge < -0.3 is 0 Å². The predicted octanol–water partition coefficient (Wildman–Crippen LogP) is 7.28. The van der Waals surface area contributed by atoms with E-state index in [1.54, 1.807) is 27.8 Å². The number of aryl methyl sites for hydroxylation is 2. The van der Waals surface area contributed by atoms with Gasteiger partial charge in [0.05, 0.1) is 10.6 Å². The summed E-state index contributed by atoms with van der Waals surface area (Å²) >= 11 is 1.56. The van der Waals surface area contributed by atoms with Gasteiger partial charge in [-0.05, 0) is 60.2 Å². The van der Waals surface area contributed by atoms with Gasteiger partial charge in [0.1, 0.15) is 0 Å². The Morgan fingerprint density at radius 3 is 2.09 bits per heavy atom. The van der Waals surface area contributed by atoms with Crippen LogP contribution in [0.1, 0.15) is 33.7 Å². The van der Waals surface area contributed by atoms with Crippen LogP contribution in [0.2, 0.25) is 0 Å². The van der Waals surface area contributed by atoms with Crippen LogP contribution in [0.25, 0.3) is 11.3 Å². The molecule has 1 unspecified atom stereocenters. The molecule has 1 aromatic heterocycles. The molecule has 0 radical (unpaired) electrons. The summed E-state index contributed by atoms with van der Waals surface area (Å²) < 4.78 is 29.8. The first-order chi connectivity index (χ1) is 16.9.